The van der Waals surface area contributed by atoms with E-state index in [0.717, 1.165) is 73.6 Å². The molecule has 0 atom stereocenters. The van der Waals surface area contributed by atoms with E-state index in [2.05, 4.69) is 18.9 Å². The van der Waals surface area contributed by atoms with Crippen molar-refractivity contribution in [3.8, 4) is 0 Å². The Balaban J connectivity index is 1.72. The number of carbonyl (C=O) groups is 1. The van der Waals surface area contributed by atoms with E-state index < -0.39 is 0 Å². The Labute approximate surface area is 154 Å². The Bertz CT molecular complexity index is 849. The molecule has 1 amide bonds. The smallest absolute Gasteiger partial charge is 0.254 e. The molecule has 0 saturated carbocycles. The maximum Gasteiger partial charge on any atom is 0.254 e. The summed E-state index contributed by atoms with van der Waals surface area (Å²) in [4.78, 5) is 20.3. The zero-order valence-corrected chi connectivity index (χ0v) is 16.2. The second-order valence-electron chi connectivity index (χ2n) is 8.25. The first-order valence-electron chi connectivity index (χ1n) is 9.61. The van der Waals surface area contributed by atoms with E-state index in [-0.39, 0.29) is 17.2 Å². The second kappa shape index (κ2) is 6.34. The van der Waals surface area contributed by atoms with Gasteiger partial charge in [0, 0.05) is 39.0 Å². The van der Waals surface area contributed by atoms with Crippen molar-refractivity contribution in [1.82, 2.24) is 19.7 Å². The van der Waals surface area contributed by atoms with Gasteiger partial charge in [-0.1, -0.05) is 13.8 Å². The van der Waals surface area contributed by atoms with Crippen LogP contribution in [0.5, 0.6) is 0 Å². The molecule has 2 saturated heterocycles. The van der Waals surface area contributed by atoms with E-state index >= 15 is 0 Å². The lowest BCUT2D eigenvalue weighted by Gasteiger charge is -2.33. The van der Waals surface area contributed by atoms with E-state index in [4.69, 9.17) is 9.72 Å². The molecule has 6 nitrogen and oxygen atoms in total. The Morgan fingerprint density at radius 1 is 1.27 bits per heavy atom. The first-order valence-corrected chi connectivity index (χ1v) is 9.61. The van der Waals surface area contributed by atoms with E-state index in [1.807, 2.05) is 24.9 Å². The highest BCUT2D eigenvalue weighted by molar-refractivity contribution is 6.06. The molecule has 0 aliphatic carbocycles. The van der Waals surface area contributed by atoms with Gasteiger partial charge in [0.25, 0.3) is 5.91 Å². The first kappa shape index (κ1) is 17.5. The molecule has 0 unspecified atom stereocenters. The van der Waals surface area contributed by atoms with Gasteiger partial charge in [-0.2, -0.15) is 5.10 Å². The molecule has 2 aliphatic rings. The fraction of sp³-hybridized carbons (Fsp3) is 0.650. The summed E-state index contributed by atoms with van der Waals surface area (Å²) in [5, 5.41) is 5.41. The van der Waals surface area contributed by atoms with Crippen LogP contribution in [0.25, 0.3) is 11.0 Å². The summed E-state index contributed by atoms with van der Waals surface area (Å²) in [6.07, 6.45) is 3.21. The van der Waals surface area contributed by atoms with Crippen molar-refractivity contribution in [3.05, 3.63) is 23.0 Å². The molecule has 0 N–H and O–H groups in total. The Hall–Kier alpha value is -1.95. The molecule has 2 aliphatic heterocycles. The van der Waals surface area contributed by atoms with Gasteiger partial charge in [-0.3, -0.25) is 9.48 Å². The van der Waals surface area contributed by atoms with Crippen molar-refractivity contribution in [2.75, 3.05) is 26.3 Å². The predicted octanol–water partition coefficient (Wildman–Crippen LogP) is 3.04. The number of likely N-dealkylation sites (tertiary alicyclic amines) is 1. The number of aromatic nitrogens is 3. The zero-order chi connectivity index (χ0) is 18.5. The van der Waals surface area contributed by atoms with Crippen molar-refractivity contribution in [2.45, 2.75) is 46.0 Å². The summed E-state index contributed by atoms with van der Waals surface area (Å²) in [5.74, 6) is 0.389. The van der Waals surface area contributed by atoms with Crippen LogP contribution in [0.15, 0.2) is 6.07 Å². The summed E-state index contributed by atoms with van der Waals surface area (Å²) >= 11 is 0. The molecule has 2 fully saturated rings. The average Bonchev–Trinajstić information content (AvgIpc) is 3.16. The van der Waals surface area contributed by atoms with Crippen LogP contribution >= 0.6 is 0 Å². The molecular formula is C20H28N4O2. The van der Waals surface area contributed by atoms with Crippen molar-refractivity contribution in [1.29, 1.82) is 0 Å². The fourth-order valence-electron chi connectivity index (χ4n) is 4.42. The van der Waals surface area contributed by atoms with Crippen LogP contribution in [0.3, 0.4) is 0 Å². The topological polar surface area (TPSA) is 60.2 Å². The SMILES string of the molecule is Cc1nn(C)c2nc(C(C)C)cc(C(=O)N3CCC4(CCOCC4)C3)c12. The first-order chi connectivity index (χ1) is 12.4. The number of carbonyl (C=O) groups excluding carboxylic acids is 1. The molecule has 4 heterocycles. The number of pyridine rings is 1. The third kappa shape index (κ3) is 2.80. The zero-order valence-electron chi connectivity index (χ0n) is 16.2. The Morgan fingerprint density at radius 3 is 2.69 bits per heavy atom. The molecule has 4 rings (SSSR count). The quantitative estimate of drug-likeness (QED) is 0.830. The summed E-state index contributed by atoms with van der Waals surface area (Å²) in [5.41, 5.74) is 3.63. The summed E-state index contributed by atoms with van der Waals surface area (Å²) in [6, 6.07) is 1.99. The van der Waals surface area contributed by atoms with Gasteiger partial charge in [0.15, 0.2) is 5.65 Å². The number of rotatable bonds is 2. The van der Waals surface area contributed by atoms with Crippen LogP contribution in [-0.2, 0) is 11.8 Å². The third-order valence-electron chi connectivity index (χ3n) is 6.09. The number of nitrogens with zero attached hydrogens (tertiary/aromatic N) is 4. The fourth-order valence-corrected chi connectivity index (χ4v) is 4.42. The van der Waals surface area contributed by atoms with Crippen LogP contribution in [0.1, 0.15) is 60.8 Å². The van der Waals surface area contributed by atoms with E-state index in [1.165, 1.54) is 0 Å². The molecular weight excluding hydrogens is 328 g/mol. The van der Waals surface area contributed by atoms with E-state index in [9.17, 15) is 4.79 Å². The number of ether oxygens (including phenoxy) is 1. The molecule has 2 aromatic heterocycles. The van der Waals surface area contributed by atoms with Crippen molar-refractivity contribution < 1.29 is 9.53 Å². The average molecular weight is 356 g/mol. The largest absolute Gasteiger partial charge is 0.381 e. The number of amides is 1. The van der Waals surface area contributed by atoms with Crippen LogP contribution in [0.4, 0.5) is 0 Å². The molecule has 2 aromatic rings. The maximum absolute atomic E-state index is 13.5. The monoisotopic (exact) mass is 356 g/mol. The van der Waals surface area contributed by atoms with Crippen LogP contribution in [-0.4, -0.2) is 51.9 Å². The molecule has 1 spiro atoms. The van der Waals surface area contributed by atoms with Gasteiger partial charge in [-0.25, -0.2) is 4.98 Å². The molecule has 26 heavy (non-hydrogen) atoms. The number of aryl methyl sites for hydroxylation is 2. The second-order valence-corrected chi connectivity index (χ2v) is 8.25. The lowest BCUT2D eigenvalue weighted by atomic mass is 9.80. The molecule has 140 valence electrons. The highest BCUT2D eigenvalue weighted by Gasteiger charge is 2.41. The standard InChI is InChI=1S/C20H28N4O2/c1-13(2)16-11-15(17-14(3)22-23(4)18(17)21-16)19(25)24-8-5-20(12-24)6-9-26-10-7-20/h11,13H,5-10,12H2,1-4H3. The molecule has 6 heteroatoms. The lowest BCUT2D eigenvalue weighted by Crippen LogP contribution is -2.35. The normalized spacial score (nSPS) is 19.8. The number of hydrogen-bond donors (Lipinski definition) is 0. The van der Waals surface area contributed by atoms with E-state index in [0.29, 0.717) is 0 Å². The number of hydrogen-bond acceptors (Lipinski definition) is 4. The highest BCUT2D eigenvalue weighted by Crippen LogP contribution is 2.40. The molecule has 0 radical (unpaired) electrons. The Morgan fingerprint density at radius 2 is 2.00 bits per heavy atom. The predicted molar refractivity (Wildman–Crippen MR) is 100 cm³/mol. The van der Waals surface area contributed by atoms with Crippen LogP contribution in [0.2, 0.25) is 0 Å². The third-order valence-corrected chi connectivity index (χ3v) is 6.09. The van der Waals surface area contributed by atoms with Gasteiger partial charge in [0.1, 0.15) is 0 Å². The van der Waals surface area contributed by atoms with Gasteiger partial charge in [0.05, 0.1) is 16.6 Å². The summed E-state index contributed by atoms with van der Waals surface area (Å²) in [7, 11) is 1.90. The van der Waals surface area contributed by atoms with Gasteiger partial charge < -0.3 is 9.64 Å². The van der Waals surface area contributed by atoms with Crippen molar-refractivity contribution in [3.63, 3.8) is 0 Å². The van der Waals surface area contributed by atoms with Gasteiger partial charge in [-0.05, 0) is 43.6 Å². The molecule has 0 bridgehead atoms. The van der Waals surface area contributed by atoms with E-state index in [1.54, 1.807) is 4.68 Å². The summed E-state index contributed by atoms with van der Waals surface area (Å²) in [6.45, 7) is 9.49. The molecule has 0 aromatic carbocycles. The van der Waals surface area contributed by atoms with Gasteiger partial charge >= 0.3 is 0 Å². The lowest BCUT2D eigenvalue weighted by molar-refractivity contribution is 0.0191. The van der Waals surface area contributed by atoms with Crippen LogP contribution < -0.4 is 0 Å². The highest BCUT2D eigenvalue weighted by atomic mass is 16.5. The summed E-state index contributed by atoms with van der Waals surface area (Å²) < 4.78 is 7.32. The minimum Gasteiger partial charge on any atom is -0.381 e. The number of fused-ring (bicyclic) bond motifs is 1. The van der Waals surface area contributed by atoms with Crippen molar-refractivity contribution >= 4 is 16.9 Å². The minimum absolute atomic E-state index is 0.124. The Kier molecular flexibility index (Phi) is 4.26. The van der Waals surface area contributed by atoms with Gasteiger partial charge in [-0.15, -0.1) is 0 Å². The van der Waals surface area contributed by atoms with Crippen LogP contribution in [0, 0.1) is 12.3 Å². The van der Waals surface area contributed by atoms with Gasteiger partial charge in [0.2, 0.25) is 0 Å². The minimum atomic E-state index is 0.124. The maximum atomic E-state index is 13.5. The van der Waals surface area contributed by atoms with Crippen molar-refractivity contribution in [2.24, 2.45) is 12.5 Å².